The lowest BCUT2D eigenvalue weighted by atomic mass is 10.2. The zero-order chi connectivity index (χ0) is 13.3. The van der Waals surface area contributed by atoms with Crippen molar-refractivity contribution in [3.63, 3.8) is 0 Å². The molecular weight excluding hydrogens is 274 g/mol. The molecule has 0 aliphatic carbocycles. The fourth-order valence-corrected chi connectivity index (χ4v) is 2.63. The zero-order valence-electron chi connectivity index (χ0n) is 9.51. The van der Waals surface area contributed by atoms with E-state index in [0.29, 0.717) is 22.0 Å². The lowest BCUT2D eigenvalue weighted by molar-refractivity contribution is -0.122. The third-order valence-corrected chi connectivity index (χ3v) is 3.61. The molecule has 1 fully saturated rings. The Labute approximate surface area is 113 Å². The normalized spacial score (nSPS) is 17.9. The number of likely N-dealkylation sites (N-methyl/N-ethyl adjacent to an activating group) is 1. The second-order valence-electron chi connectivity index (χ2n) is 3.63. The third kappa shape index (κ3) is 2.37. The van der Waals surface area contributed by atoms with Crippen molar-refractivity contribution >= 4 is 40.6 Å². The van der Waals surface area contributed by atoms with Gasteiger partial charge >= 0.3 is 0 Å². The second kappa shape index (κ2) is 5.04. The molecule has 1 heterocycles. The molecular formula is C12H10ClNO3S. The van der Waals surface area contributed by atoms with E-state index >= 15 is 0 Å². The van der Waals surface area contributed by atoms with Gasteiger partial charge in [0.05, 0.1) is 4.91 Å². The van der Waals surface area contributed by atoms with Gasteiger partial charge in [-0.15, -0.1) is 0 Å². The maximum atomic E-state index is 11.8. The SMILES string of the molecule is CCN1C(=O)S/C(=C/c2cc(Cl)ccc2O)C1=O. The number of carbonyl (C=O) groups is 2. The van der Waals surface area contributed by atoms with Gasteiger partial charge in [-0.1, -0.05) is 11.6 Å². The molecule has 18 heavy (non-hydrogen) atoms. The Morgan fingerprint density at radius 3 is 2.78 bits per heavy atom. The maximum Gasteiger partial charge on any atom is 0.293 e. The van der Waals surface area contributed by atoms with E-state index in [0.717, 1.165) is 16.7 Å². The third-order valence-electron chi connectivity index (χ3n) is 2.47. The molecule has 4 nitrogen and oxygen atoms in total. The Balaban J connectivity index is 2.38. The van der Waals surface area contributed by atoms with Crippen molar-refractivity contribution in [2.45, 2.75) is 6.92 Å². The molecule has 1 aromatic rings. The van der Waals surface area contributed by atoms with Crippen LogP contribution < -0.4 is 0 Å². The van der Waals surface area contributed by atoms with Gasteiger partial charge < -0.3 is 5.11 Å². The minimum Gasteiger partial charge on any atom is -0.507 e. The second-order valence-corrected chi connectivity index (χ2v) is 5.06. The number of hydrogen-bond donors (Lipinski definition) is 1. The van der Waals surface area contributed by atoms with Crippen LogP contribution in [0.15, 0.2) is 23.1 Å². The van der Waals surface area contributed by atoms with E-state index in [9.17, 15) is 14.7 Å². The number of imide groups is 1. The summed E-state index contributed by atoms with van der Waals surface area (Å²) in [4.78, 5) is 24.8. The van der Waals surface area contributed by atoms with Crippen LogP contribution >= 0.6 is 23.4 Å². The zero-order valence-corrected chi connectivity index (χ0v) is 11.1. The van der Waals surface area contributed by atoms with Crippen molar-refractivity contribution in [2.24, 2.45) is 0 Å². The van der Waals surface area contributed by atoms with Crippen LogP contribution in [0.2, 0.25) is 5.02 Å². The standard InChI is InChI=1S/C12H10ClNO3S/c1-2-14-11(16)10(18-12(14)17)6-7-5-8(13)3-4-9(7)15/h3-6,15H,2H2,1H3/b10-6+. The molecule has 1 aliphatic rings. The van der Waals surface area contributed by atoms with Crippen LogP contribution in [0.4, 0.5) is 4.79 Å². The minimum absolute atomic E-state index is 0.0164. The van der Waals surface area contributed by atoms with E-state index in [1.54, 1.807) is 13.0 Å². The highest BCUT2D eigenvalue weighted by Crippen LogP contribution is 2.34. The number of amides is 2. The molecule has 1 saturated heterocycles. The van der Waals surface area contributed by atoms with E-state index in [1.165, 1.54) is 18.2 Å². The summed E-state index contributed by atoms with van der Waals surface area (Å²) in [6.07, 6.45) is 1.47. The lowest BCUT2D eigenvalue weighted by Gasteiger charge is -2.07. The van der Waals surface area contributed by atoms with Crippen molar-refractivity contribution in [3.8, 4) is 5.75 Å². The van der Waals surface area contributed by atoms with E-state index in [4.69, 9.17) is 11.6 Å². The molecule has 2 rings (SSSR count). The Bertz CT molecular complexity index is 556. The number of halogens is 1. The lowest BCUT2D eigenvalue weighted by Crippen LogP contribution is -2.27. The van der Waals surface area contributed by atoms with Gasteiger partial charge in [-0.2, -0.15) is 0 Å². The number of rotatable bonds is 2. The first-order valence-corrected chi connectivity index (χ1v) is 6.46. The first kappa shape index (κ1) is 13.0. The van der Waals surface area contributed by atoms with Gasteiger partial charge in [-0.05, 0) is 43.0 Å². The summed E-state index contributed by atoms with van der Waals surface area (Å²) in [5.41, 5.74) is 0.420. The van der Waals surface area contributed by atoms with Crippen LogP contribution in [0, 0.1) is 0 Å². The summed E-state index contributed by atoms with van der Waals surface area (Å²) >= 11 is 6.67. The number of phenols is 1. The Hall–Kier alpha value is -1.46. The smallest absolute Gasteiger partial charge is 0.293 e. The number of benzene rings is 1. The maximum absolute atomic E-state index is 11.8. The van der Waals surface area contributed by atoms with E-state index in [2.05, 4.69) is 0 Å². The molecule has 2 amide bonds. The topological polar surface area (TPSA) is 57.6 Å². The number of nitrogens with zero attached hydrogens (tertiary/aromatic N) is 1. The van der Waals surface area contributed by atoms with Crippen LogP contribution in [-0.4, -0.2) is 27.7 Å². The minimum atomic E-state index is -0.341. The highest BCUT2D eigenvalue weighted by atomic mass is 35.5. The largest absolute Gasteiger partial charge is 0.507 e. The average Bonchev–Trinajstić information content (AvgIpc) is 2.59. The summed E-state index contributed by atoms with van der Waals surface area (Å²) in [6, 6.07) is 4.53. The number of aromatic hydroxyl groups is 1. The van der Waals surface area contributed by atoms with Crippen LogP contribution in [0.25, 0.3) is 6.08 Å². The fourth-order valence-electron chi connectivity index (χ4n) is 1.55. The summed E-state index contributed by atoms with van der Waals surface area (Å²) in [5, 5.41) is 9.80. The Kier molecular flexibility index (Phi) is 3.63. The molecule has 0 unspecified atom stereocenters. The molecule has 0 saturated carbocycles. The van der Waals surface area contributed by atoms with Gasteiger partial charge in [0.25, 0.3) is 11.1 Å². The first-order valence-electron chi connectivity index (χ1n) is 5.27. The fraction of sp³-hybridized carbons (Fsp3) is 0.167. The van der Waals surface area contributed by atoms with Crippen LogP contribution in [0.1, 0.15) is 12.5 Å². The quantitative estimate of drug-likeness (QED) is 0.847. The van der Waals surface area contributed by atoms with Crippen molar-refractivity contribution < 1.29 is 14.7 Å². The summed E-state index contributed by atoms with van der Waals surface area (Å²) < 4.78 is 0. The van der Waals surface area contributed by atoms with Gasteiger partial charge in [0.1, 0.15) is 5.75 Å². The molecule has 1 aliphatic heterocycles. The summed E-state index contributed by atoms with van der Waals surface area (Å²) in [6.45, 7) is 2.07. The van der Waals surface area contributed by atoms with Crippen molar-refractivity contribution in [1.29, 1.82) is 0 Å². The number of carbonyl (C=O) groups excluding carboxylic acids is 2. The highest BCUT2D eigenvalue weighted by molar-refractivity contribution is 8.18. The summed E-state index contributed by atoms with van der Waals surface area (Å²) in [5.74, 6) is -0.324. The molecule has 0 radical (unpaired) electrons. The van der Waals surface area contributed by atoms with Crippen LogP contribution in [0.3, 0.4) is 0 Å². The monoisotopic (exact) mass is 283 g/mol. The van der Waals surface area contributed by atoms with E-state index in [-0.39, 0.29) is 16.9 Å². The van der Waals surface area contributed by atoms with Gasteiger partial charge in [-0.25, -0.2) is 0 Å². The molecule has 0 bridgehead atoms. The van der Waals surface area contributed by atoms with E-state index < -0.39 is 0 Å². The van der Waals surface area contributed by atoms with Gasteiger partial charge in [0.2, 0.25) is 0 Å². The highest BCUT2D eigenvalue weighted by Gasteiger charge is 2.33. The molecule has 6 heteroatoms. The molecule has 0 aromatic heterocycles. The molecule has 1 aromatic carbocycles. The van der Waals surface area contributed by atoms with E-state index in [1.807, 2.05) is 0 Å². The van der Waals surface area contributed by atoms with Crippen molar-refractivity contribution in [1.82, 2.24) is 4.90 Å². The molecule has 94 valence electrons. The number of hydrogen-bond acceptors (Lipinski definition) is 4. The average molecular weight is 284 g/mol. The first-order chi connectivity index (χ1) is 8.52. The summed E-state index contributed by atoms with van der Waals surface area (Å²) in [7, 11) is 0. The van der Waals surface area contributed by atoms with Crippen LogP contribution in [-0.2, 0) is 4.79 Å². The molecule has 0 atom stereocenters. The Morgan fingerprint density at radius 1 is 1.44 bits per heavy atom. The number of thioether (sulfide) groups is 1. The predicted molar refractivity (Wildman–Crippen MR) is 71.5 cm³/mol. The predicted octanol–water partition coefficient (Wildman–Crippen LogP) is 3.10. The van der Waals surface area contributed by atoms with Gasteiger partial charge in [0, 0.05) is 17.1 Å². The Morgan fingerprint density at radius 2 is 2.17 bits per heavy atom. The van der Waals surface area contributed by atoms with Crippen molar-refractivity contribution in [2.75, 3.05) is 6.54 Å². The van der Waals surface area contributed by atoms with Crippen molar-refractivity contribution in [3.05, 3.63) is 33.7 Å². The van der Waals surface area contributed by atoms with Crippen LogP contribution in [0.5, 0.6) is 5.75 Å². The van der Waals surface area contributed by atoms with Gasteiger partial charge in [-0.3, -0.25) is 14.5 Å². The van der Waals surface area contributed by atoms with Gasteiger partial charge in [0.15, 0.2) is 0 Å². The molecule has 0 spiro atoms. The molecule has 1 N–H and O–H groups in total. The number of phenolic OH excluding ortho intramolecular Hbond substituents is 1.